The number of nitrogens with two attached hydrogens (primary N) is 1. The number of phenolic OH excluding ortho intramolecular Hbond substituents is 1. The van der Waals surface area contributed by atoms with Crippen LogP contribution in [0.2, 0.25) is 0 Å². The quantitative estimate of drug-likeness (QED) is 0.844. The van der Waals surface area contributed by atoms with E-state index in [0.29, 0.717) is 12.2 Å². The van der Waals surface area contributed by atoms with E-state index in [9.17, 15) is 14.3 Å². The Kier molecular flexibility index (Phi) is 3.89. The maximum atomic E-state index is 13.6. The van der Waals surface area contributed by atoms with Gasteiger partial charge >= 0.3 is 0 Å². The zero-order valence-electron chi connectivity index (χ0n) is 11.0. The number of nitrogens with zero attached hydrogens (tertiary/aromatic N) is 1. The van der Waals surface area contributed by atoms with Crippen LogP contribution in [0.3, 0.4) is 0 Å². The van der Waals surface area contributed by atoms with E-state index in [1.54, 1.807) is 19.2 Å². The van der Waals surface area contributed by atoms with Gasteiger partial charge in [0.25, 0.3) is 5.91 Å². The summed E-state index contributed by atoms with van der Waals surface area (Å²) in [7, 11) is 1.58. The van der Waals surface area contributed by atoms with Crippen molar-refractivity contribution in [3.05, 3.63) is 59.4 Å². The molecule has 20 heavy (non-hydrogen) atoms. The summed E-state index contributed by atoms with van der Waals surface area (Å²) in [5.74, 6) is -0.880. The molecule has 0 spiro atoms. The molecular formula is C15H15FN2O2. The molecule has 4 nitrogen and oxygen atoms in total. The number of nitrogen functional groups attached to an aromatic ring is 1. The summed E-state index contributed by atoms with van der Waals surface area (Å²) in [4.78, 5) is 13.6. The molecule has 3 N–H and O–H groups in total. The monoisotopic (exact) mass is 274 g/mol. The molecule has 104 valence electrons. The van der Waals surface area contributed by atoms with E-state index < -0.39 is 11.7 Å². The summed E-state index contributed by atoms with van der Waals surface area (Å²) in [5.41, 5.74) is 6.70. The molecular weight excluding hydrogens is 259 g/mol. The van der Waals surface area contributed by atoms with Crippen LogP contribution in [-0.4, -0.2) is 23.0 Å². The van der Waals surface area contributed by atoms with E-state index in [1.807, 2.05) is 0 Å². The van der Waals surface area contributed by atoms with Gasteiger partial charge in [0.1, 0.15) is 11.6 Å². The maximum absolute atomic E-state index is 13.6. The minimum absolute atomic E-state index is 0.0497. The van der Waals surface area contributed by atoms with Crippen LogP contribution in [0, 0.1) is 5.82 Å². The van der Waals surface area contributed by atoms with Crippen LogP contribution in [0.5, 0.6) is 5.75 Å². The predicted molar refractivity (Wildman–Crippen MR) is 74.7 cm³/mol. The molecule has 0 atom stereocenters. The number of amides is 1. The number of carbonyl (C=O) groups excluding carboxylic acids is 1. The highest BCUT2D eigenvalue weighted by atomic mass is 19.1. The van der Waals surface area contributed by atoms with Gasteiger partial charge in [-0.2, -0.15) is 0 Å². The van der Waals surface area contributed by atoms with Gasteiger partial charge in [-0.1, -0.05) is 12.1 Å². The molecule has 0 aliphatic rings. The van der Waals surface area contributed by atoms with Gasteiger partial charge in [-0.3, -0.25) is 4.79 Å². The average Bonchev–Trinajstić information content (AvgIpc) is 2.43. The second-order valence-electron chi connectivity index (χ2n) is 4.57. The normalized spacial score (nSPS) is 10.3. The fourth-order valence-corrected chi connectivity index (χ4v) is 1.86. The number of carbonyl (C=O) groups is 1. The van der Waals surface area contributed by atoms with Crippen molar-refractivity contribution in [3.8, 4) is 5.75 Å². The summed E-state index contributed by atoms with van der Waals surface area (Å²) in [6.07, 6.45) is 0. The fourth-order valence-electron chi connectivity index (χ4n) is 1.86. The number of anilines is 1. The smallest absolute Gasteiger partial charge is 0.256 e. The van der Waals surface area contributed by atoms with Crippen LogP contribution < -0.4 is 5.73 Å². The lowest BCUT2D eigenvalue weighted by molar-refractivity contribution is 0.0780. The summed E-state index contributed by atoms with van der Waals surface area (Å²) in [5, 5.41) is 9.20. The lowest BCUT2D eigenvalue weighted by Crippen LogP contribution is -2.27. The number of aromatic hydroxyl groups is 1. The minimum atomic E-state index is -0.596. The van der Waals surface area contributed by atoms with Gasteiger partial charge in [0.15, 0.2) is 0 Å². The lowest BCUT2D eigenvalue weighted by Gasteiger charge is -2.18. The molecule has 0 radical (unpaired) electrons. The summed E-state index contributed by atoms with van der Waals surface area (Å²) in [6, 6.07) is 10.4. The van der Waals surface area contributed by atoms with Crippen molar-refractivity contribution in [3.63, 3.8) is 0 Å². The zero-order chi connectivity index (χ0) is 14.7. The molecule has 0 heterocycles. The van der Waals surface area contributed by atoms with E-state index in [0.717, 1.165) is 5.56 Å². The van der Waals surface area contributed by atoms with Gasteiger partial charge < -0.3 is 15.7 Å². The fraction of sp³-hybridized carbons (Fsp3) is 0.133. The molecule has 0 aliphatic carbocycles. The molecule has 5 heteroatoms. The van der Waals surface area contributed by atoms with E-state index in [2.05, 4.69) is 0 Å². The number of rotatable bonds is 3. The van der Waals surface area contributed by atoms with Crippen molar-refractivity contribution in [1.82, 2.24) is 4.90 Å². The van der Waals surface area contributed by atoms with Gasteiger partial charge in [0.2, 0.25) is 0 Å². The first-order valence-corrected chi connectivity index (χ1v) is 6.06. The first kappa shape index (κ1) is 13.9. The van der Waals surface area contributed by atoms with E-state index in [4.69, 9.17) is 5.73 Å². The SMILES string of the molecule is CN(Cc1ccc(O)cc1)C(=O)c1cc(N)ccc1F. The van der Waals surface area contributed by atoms with Crippen LogP contribution in [0.4, 0.5) is 10.1 Å². The molecule has 0 aliphatic heterocycles. The predicted octanol–water partition coefficient (Wildman–Crippen LogP) is 2.39. The van der Waals surface area contributed by atoms with Crippen molar-refractivity contribution in [1.29, 1.82) is 0 Å². The summed E-state index contributed by atoms with van der Waals surface area (Å²) in [6.45, 7) is 0.313. The van der Waals surface area contributed by atoms with Crippen LogP contribution >= 0.6 is 0 Å². The number of hydrogen-bond acceptors (Lipinski definition) is 3. The topological polar surface area (TPSA) is 66.6 Å². The Bertz CT molecular complexity index is 626. The number of hydrogen-bond donors (Lipinski definition) is 2. The van der Waals surface area contributed by atoms with Crippen LogP contribution in [-0.2, 0) is 6.54 Å². The molecule has 1 amide bonds. The van der Waals surface area contributed by atoms with Crippen molar-refractivity contribution < 1.29 is 14.3 Å². The van der Waals surface area contributed by atoms with E-state index in [-0.39, 0.29) is 11.3 Å². The number of phenols is 1. The third-order valence-electron chi connectivity index (χ3n) is 2.92. The van der Waals surface area contributed by atoms with Gasteiger partial charge in [-0.05, 0) is 35.9 Å². The molecule has 2 aromatic rings. The van der Waals surface area contributed by atoms with Crippen molar-refractivity contribution in [2.45, 2.75) is 6.54 Å². The average molecular weight is 274 g/mol. The highest BCUT2D eigenvalue weighted by molar-refractivity contribution is 5.95. The maximum Gasteiger partial charge on any atom is 0.256 e. The minimum Gasteiger partial charge on any atom is -0.508 e. The highest BCUT2D eigenvalue weighted by Crippen LogP contribution is 2.16. The second-order valence-corrected chi connectivity index (χ2v) is 4.57. The third kappa shape index (κ3) is 3.06. The Labute approximate surface area is 116 Å². The largest absolute Gasteiger partial charge is 0.508 e. The Morgan fingerprint density at radius 2 is 1.90 bits per heavy atom. The zero-order valence-corrected chi connectivity index (χ0v) is 11.0. The van der Waals surface area contributed by atoms with Crippen LogP contribution in [0.15, 0.2) is 42.5 Å². The molecule has 0 saturated heterocycles. The third-order valence-corrected chi connectivity index (χ3v) is 2.92. The Morgan fingerprint density at radius 3 is 2.55 bits per heavy atom. The molecule has 0 unspecified atom stereocenters. The van der Waals surface area contributed by atoms with Crippen molar-refractivity contribution in [2.75, 3.05) is 12.8 Å². The van der Waals surface area contributed by atoms with Crippen molar-refractivity contribution in [2.24, 2.45) is 0 Å². The molecule has 0 bridgehead atoms. The molecule has 2 rings (SSSR count). The van der Waals surface area contributed by atoms with Gasteiger partial charge in [0, 0.05) is 19.3 Å². The Balaban J connectivity index is 2.16. The number of halogens is 1. The van der Waals surface area contributed by atoms with Crippen molar-refractivity contribution >= 4 is 11.6 Å². The summed E-state index contributed by atoms with van der Waals surface area (Å²) >= 11 is 0. The van der Waals surface area contributed by atoms with E-state index >= 15 is 0 Å². The Morgan fingerprint density at radius 1 is 1.25 bits per heavy atom. The Hall–Kier alpha value is -2.56. The van der Waals surface area contributed by atoms with Gasteiger partial charge in [-0.15, -0.1) is 0 Å². The number of benzene rings is 2. The van der Waals surface area contributed by atoms with Crippen LogP contribution in [0.1, 0.15) is 15.9 Å². The molecule has 2 aromatic carbocycles. The lowest BCUT2D eigenvalue weighted by atomic mass is 10.1. The first-order valence-electron chi connectivity index (χ1n) is 6.06. The van der Waals surface area contributed by atoms with Gasteiger partial charge in [-0.25, -0.2) is 4.39 Å². The molecule has 0 fully saturated rings. The summed E-state index contributed by atoms with van der Waals surface area (Å²) < 4.78 is 13.6. The second kappa shape index (κ2) is 5.61. The van der Waals surface area contributed by atoms with E-state index in [1.165, 1.54) is 35.2 Å². The molecule has 0 aromatic heterocycles. The standard InChI is InChI=1S/C15H15FN2O2/c1-18(9-10-2-5-12(19)6-3-10)15(20)13-8-11(17)4-7-14(13)16/h2-8,19H,9,17H2,1H3. The first-order chi connectivity index (χ1) is 9.47. The molecule has 0 saturated carbocycles. The van der Waals surface area contributed by atoms with Gasteiger partial charge in [0.05, 0.1) is 5.56 Å². The van der Waals surface area contributed by atoms with Crippen LogP contribution in [0.25, 0.3) is 0 Å². The highest BCUT2D eigenvalue weighted by Gasteiger charge is 2.16.